The van der Waals surface area contributed by atoms with E-state index in [4.69, 9.17) is 23.2 Å². The maximum Gasteiger partial charge on any atom is 0.321 e. The molecule has 2 rings (SSSR count). The summed E-state index contributed by atoms with van der Waals surface area (Å²) in [7, 11) is 1.84. The summed E-state index contributed by atoms with van der Waals surface area (Å²) >= 11 is 11.8. The number of halogens is 2. The lowest BCUT2D eigenvalue weighted by Crippen LogP contribution is -2.40. The van der Waals surface area contributed by atoms with Crippen LogP contribution in [0.4, 0.5) is 10.5 Å². The zero-order valence-corrected chi connectivity index (χ0v) is 13.0. The van der Waals surface area contributed by atoms with Crippen LogP contribution in [0.2, 0.25) is 10.0 Å². The third-order valence-electron chi connectivity index (χ3n) is 3.58. The molecule has 4 nitrogen and oxygen atoms in total. The molecule has 0 saturated carbocycles. The van der Waals surface area contributed by atoms with E-state index >= 15 is 0 Å². The molecule has 0 radical (unpaired) electrons. The van der Waals surface area contributed by atoms with Crippen LogP contribution >= 0.6 is 23.2 Å². The first-order chi connectivity index (χ1) is 9.58. The zero-order valence-electron chi connectivity index (χ0n) is 11.5. The van der Waals surface area contributed by atoms with Gasteiger partial charge in [0.05, 0.1) is 10.0 Å². The Hall–Kier alpha value is -0.970. The van der Waals surface area contributed by atoms with E-state index in [2.05, 4.69) is 10.6 Å². The number of carbonyl (C=O) groups excluding carboxylic acids is 1. The summed E-state index contributed by atoms with van der Waals surface area (Å²) in [6.45, 7) is 1.98. The molecular weight excluding hydrogens is 297 g/mol. The van der Waals surface area contributed by atoms with Crippen LogP contribution in [0, 0.1) is 0 Å². The van der Waals surface area contributed by atoms with Gasteiger partial charge in [-0.05, 0) is 50.6 Å². The van der Waals surface area contributed by atoms with Gasteiger partial charge in [-0.15, -0.1) is 0 Å². The highest BCUT2D eigenvalue weighted by atomic mass is 35.5. The van der Waals surface area contributed by atoms with Crippen molar-refractivity contribution in [3.05, 3.63) is 28.2 Å². The highest BCUT2D eigenvalue weighted by Crippen LogP contribution is 2.25. The van der Waals surface area contributed by atoms with Gasteiger partial charge in [0, 0.05) is 18.8 Å². The topological polar surface area (TPSA) is 44.4 Å². The number of nitrogens with zero attached hydrogens (tertiary/aromatic N) is 1. The summed E-state index contributed by atoms with van der Waals surface area (Å²) in [6, 6.07) is 5.23. The maximum atomic E-state index is 12.2. The van der Waals surface area contributed by atoms with Crippen LogP contribution < -0.4 is 10.6 Å². The lowest BCUT2D eigenvalue weighted by Gasteiger charge is -2.27. The number of urea groups is 1. The van der Waals surface area contributed by atoms with Crippen LogP contribution in [0.1, 0.15) is 19.3 Å². The van der Waals surface area contributed by atoms with Crippen molar-refractivity contribution in [3.63, 3.8) is 0 Å². The molecule has 1 fully saturated rings. The lowest BCUT2D eigenvalue weighted by atomic mass is 10.1. The Morgan fingerprint density at radius 1 is 1.30 bits per heavy atom. The highest BCUT2D eigenvalue weighted by molar-refractivity contribution is 6.42. The summed E-state index contributed by atoms with van der Waals surface area (Å²) in [5.74, 6) is 0. The second-order valence-corrected chi connectivity index (χ2v) is 5.82. The normalized spacial score (nSPS) is 19.2. The molecule has 1 atom stereocenters. The predicted molar refractivity (Wildman–Crippen MR) is 83.8 cm³/mol. The van der Waals surface area contributed by atoms with Gasteiger partial charge in [-0.25, -0.2) is 4.79 Å². The first kappa shape index (κ1) is 15.4. The molecule has 20 heavy (non-hydrogen) atoms. The molecule has 0 aliphatic carbocycles. The molecule has 1 saturated heterocycles. The number of hydrogen-bond donors (Lipinski definition) is 2. The van der Waals surface area contributed by atoms with Crippen molar-refractivity contribution in [1.82, 2.24) is 10.2 Å². The van der Waals surface area contributed by atoms with Gasteiger partial charge in [-0.1, -0.05) is 23.2 Å². The molecular formula is C14H19Cl2N3O. The number of carbonyl (C=O) groups is 1. The fourth-order valence-electron chi connectivity index (χ4n) is 2.34. The van der Waals surface area contributed by atoms with E-state index in [1.807, 2.05) is 7.05 Å². The highest BCUT2D eigenvalue weighted by Gasteiger charge is 2.21. The Balaban J connectivity index is 1.97. The number of amides is 2. The number of benzene rings is 1. The van der Waals surface area contributed by atoms with Crippen LogP contribution in [0.15, 0.2) is 18.2 Å². The molecule has 2 N–H and O–H groups in total. The van der Waals surface area contributed by atoms with E-state index in [-0.39, 0.29) is 12.1 Å². The van der Waals surface area contributed by atoms with Gasteiger partial charge >= 0.3 is 6.03 Å². The van der Waals surface area contributed by atoms with Gasteiger partial charge in [0.1, 0.15) is 0 Å². The van der Waals surface area contributed by atoms with Crippen molar-refractivity contribution in [3.8, 4) is 0 Å². The SMILES string of the molecule is CN(C(=O)Nc1ccc(Cl)c(Cl)c1)C1CCCNCC1. The van der Waals surface area contributed by atoms with Crippen molar-refractivity contribution in [1.29, 1.82) is 0 Å². The van der Waals surface area contributed by atoms with Crippen molar-refractivity contribution in [2.45, 2.75) is 25.3 Å². The number of hydrogen-bond acceptors (Lipinski definition) is 2. The number of rotatable bonds is 2. The molecule has 1 aliphatic heterocycles. The van der Waals surface area contributed by atoms with Crippen molar-refractivity contribution < 1.29 is 4.79 Å². The largest absolute Gasteiger partial charge is 0.325 e. The number of anilines is 1. The van der Waals surface area contributed by atoms with Gasteiger partial charge in [0.15, 0.2) is 0 Å². The zero-order chi connectivity index (χ0) is 14.5. The fraction of sp³-hybridized carbons (Fsp3) is 0.500. The Labute approximate surface area is 129 Å². The van der Waals surface area contributed by atoms with Crippen LogP contribution in [0.5, 0.6) is 0 Å². The second kappa shape index (κ2) is 7.16. The molecule has 6 heteroatoms. The average molecular weight is 316 g/mol. The van der Waals surface area contributed by atoms with Gasteiger partial charge in [-0.2, -0.15) is 0 Å². The monoisotopic (exact) mass is 315 g/mol. The third-order valence-corrected chi connectivity index (χ3v) is 4.32. The van der Waals surface area contributed by atoms with E-state index < -0.39 is 0 Å². The molecule has 0 spiro atoms. The molecule has 2 amide bonds. The molecule has 1 aliphatic rings. The molecule has 110 valence electrons. The van der Waals surface area contributed by atoms with Gasteiger partial charge in [-0.3, -0.25) is 0 Å². The van der Waals surface area contributed by atoms with E-state index in [0.29, 0.717) is 15.7 Å². The summed E-state index contributed by atoms with van der Waals surface area (Å²) < 4.78 is 0. The molecule has 0 bridgehead atoms. The van der Waals surface area contributed by atoms with E-state index in [1.165, 1.54) is 0 Å². The minimum absolute atomic E-state index is 0.115. The van der Waals surface area contributed by atoms with Crippen LogP contribution in [0.3, 0.4) is 0 Å². The first-order valence-electron chi connectivity index (χ1n) is 6.77. The van der Waals surface area contributed by atoms with Crippen LogP contribution in [-0.4, -0.2) is 37.1 Å². The number of nitrogens with one attached hydrogen (secondary N) is 2. The Kier molecular flexibility index (Phi) is 5.52. The van der Waals surface area contributed by atoms with Crippen molar-refractivity contribution in [2.75, 3.05) is 25.5 Å². The lowest BCUT2D eigenvalue weighted by molar-refractivity contribution is 0.198. The van der Waals surface area contributed by atoms with Gasteiger partial charge in [0.2, 0.25) is 0 Å². The van der Waals surface area contributed by atoms with Gasteiger partial charge in [0.25, 0.3) is 0 Å². The smallest absolute Gasteiger partial charge is 0.321 e. The quantitative estimate of drug-likeness (QED) is 0.875. The minimum Gasteiger partial charge on any atom is -0.325 e. The maximum absolute atomic E-state index is 12.2. The van der Waals surface area contributed by atoms with Crippen LogP contribution in [0.25, 0.3) is 0 Å². The fourth-order valence-corrected chi connectivity index (χ4v) is 2.64. The summed E-state index contributed by atoms with van der Waals surface area (Å²) in [4.78, 5) is 14.0. The Morgan fingerprint density at radius 3 is 2.85 bits per heavy atom. The molecule has 0 aromatic heterocycles. The van der Waals surface area contributed by atoms with Crippen molar-refractivity contribution in [2.24, 2.45) is 0 Å². The Bertz CT molecular complexity index is 473. The average Bonchev–Trinajstić information content (AvgIpc) is 2.71. The molecule has 1 heterocycles. The second-order valence-electron chi connectivity index (χ2n) is 5.00. The van der Waals surface area contributed by atoms with E-state index in [1.54, 1.807) is 23.1 Å². The molecule has 1 aromatic rings. The molecule has 1 unspecified atom stereocenters. The van der Waals surface area contributed by atoms with E-state index in [9.17, 15) is 4.79 Å². The standard InChI is InChI=1S/C14H19Cl2N3O/c1-19(11-3-2-7-17-8-6-11)14(20)18-10-4-5-12(15)13(16)9-10/h4-5,9,11,17H,2-3,6-8H2,1H3,(H,18,20). The molecule has 1 aromatic carbocycles. The van der Waals surface area contributed by atoms with Gasteiger partial charge < -0.3 is 15.5 Å². The summed E-state index contributed by atoms with van der Waals surface area (Å²) in [6.07, 6.45) is 3.10. The Morgan fingerprint density at radius 2 is 2.10 bits per heavy atom. The van der Waals surface area contributed by atoms with E-state index in [0.717, 1.165) is 32.4 Å². The summed E-state index contributed by atoms with van der Waals surface area (Å²) in [5.41, 5.74) is 0.656. The first-order valence-corrected chi connectivity index (χ1v) is 7.53. The summed E-state index contributed by atoms with van der Waals surface area (Å²) in [5, 5.41) is 7.11. The van der Waals surface area contributed by atoms with Crippen LogP contribution in [-0.2, 0) is 0 Å². The third kappa shape index (κ3) is 4.01. The minimum atomic E-state index is -0.115. The predicted octanol–water partition coefficient (Wildman–Crippen LogP) is 3.60. The van der Waals surface area contributed by atoms with Crippen molar-refractivity contribution >= 4 is 34.9 Å².